The molecule has 0 fully saturated rings. The molecule has 0 aliphatic carbocycles. The number of halogens is 2. The van der Waals surface area contributed by atoms with Gasteiger partial charge in [-0.15, -0.1) is 0 Å². The first-order valence-electron chi connectivity index (χ1n) is 5.46. The van der Waals surface area contributed by atoms with Crippen molar-refractivity contribution < 1.29 is 18.3 Å². The number of aromatic nitrogens is 1. The highest BCUT2D eigenvalue weighted by molar-refractivity contribution is 9.10. The molecule has 0 saturated carbocycles. The molecule has 0 saturated heterocycles. The Morgan fingerprint density at radius 2 is 1.90 bits per heavy atom. The van der Waals surface area contributed by atoms with Gasteiger partial charge in [0.2, 0.25) is 0 Å². The molecule has 6 nitrogen and oxygen atoms in total. The first-order chi connectivity index (χ1) is 9.79. The third-order valence-electron chi connectivity index (χ3n) is 2.45. The predicted molar refractivity (Wildman–Crippen MR) is 83.8 cm³/mol. The summed E-state index contributed by atoms with van der Waals surface area (Å²) in [6.45, 7) is 0. The van der Waals surface area contributed by atoms with Gasteiger partial charge in [0.1, 0.15) is 4.90 Å². The summed E-state index contributed by atoms with van der Waals surface area (Å²) in [5.41, 5.74) is 0.286. The summed E-state index contributed by atoms with van der Waals surface area (Å²) in [4.78, 5) is 14.6. The third-order valence-corrected chi connectivity index (χ3v) is 4.87. The Morgan fingerprint density at radius 3 is 2.48 bits per heavy atom. The van der Waals surface area contributed by atoms with Crippen molar-refractivity contribution in [3.05, 3.63) is 51.2 Å². The fourth-order valence-corrected chi connectivity index (χ4v) is 3.67. The summed E-state index contributed by atoms with van der Waals surface area (Å²) in [7, 11) is -3.81. The Labute approximate surface area is 137 Å². The molecule has 9 heteroatoms. The SMILES string of the molecule is O=C(O)c1ccc(NS(=O)(=O)c2cncc(Br)c2)c(Br)c1. The summed E-state index contributed by atoms with van der Waals surface area (Å²) >= 11 is 6.29. The minimum absolute atomic E-state index is 0.00825. The molecule has 21 heavy (non-hydrogen) atoms. The zero-order valence-electron chi connectivity index (χ0n) is 10.2. The molecule has 2 rings (SSSR count). The van der Waals surface area contributed by atoms with E-state index in [1.807, 2.05) is 0 Å². The highest BCUT2D eigenvalue weighted by Crippen LogP contribution is 2.26. The molecule has 0 aliphatic rings. The third kappa shape index (κ3) is 3.80. The molecular formula is C12H8Br2N2O4S. The van der Waals surface area contributed by atoms with Gasteiger partial charge < -0.3 is 5.11 Å². The number of anilines is 1. The van der Waals surface area contributed by atoms with E-state index in [1.165, 1.54) is 36.7 Å². The predicted octanol–water partition coefficient (Wildman–Crippen LogP) is 3.11. The second kappa shape index (κ2) is 6.12. The van der Waals surface area contributed by atoms with E-state index < -0.39 is 16.0 Å². The number of nitrogens with one attached hydrogen (secondary N) is 1. The van der Waals surface area contributed by atoms with E-state index in [0.29, 0.717) is 8.95 Å². The lowest BCUT2D eigenvalue weighted by Gasteiger charge is -2.10. The smallest absolute Gasteiger partial charge is 0.335 e. The molecule has 110 valence electrons. The molecule has 0 unspecified atom stereocenters. The maximum atomic E-state index is 12.2. The van der Waals surface area contributed by atoms with Crippen LogP contribution in [-0.2, 0) is 10.0 Å². The van der Waals surface area contributed by atoms with E-state index in [0.717, 1.165) is 0 Å². The standard InChI is InChI=1S/C12H8Br2N2O4S/c13-8-4-9(6-15-5-8)21(19,20)16-11-2-1-7(12(17)18)3-10(11)14/h1-6,16H,(H,17,18). The van der Waals surface area contributed by atoms with Crippen LogP contribution in [0, 0.1) is 0 Å². The summed E-state index contributed by atoms with van der Waals surface area (Å²) in [5, 5.41) is 8.87. The molecule has 2 N–H and O–H groups in total. The molecule has 0 bridgehead atoms. The zero-order valence-corrected chi connectivity index (χ0v) is 14.2. The topological polar surface area (TPSA) is 96.4 Å². The number of aromatic carboxylic acids is 1. The molecule has 0 amide bonds. The van der Waals surface area contributed by atoms with Gasteiger partial charge in [0.15, 0.2) is 0 Å². The number of nitrogens with zero attached hydrogens (tertiary/aromatic N) is 1. The van der Waals surface area contributed by atoms with E-state index >= 15 is 0 Å². The van der Waals surface area contributed by atoms with Crippen LogP contribution in [0.15, 0.2) is 50.5 Å². The highest BCUT2D eigenvalue weighted by Gasteiger charge is 2.17. The van der Waals surface area contributed by atoms with E-state index in [1.54, 1.807) is 0 Å². The molecule has 2 aromatic rings. The Balaban J connectivity index is 2.35. The van der Waals surface area contributed by atoms with Crippen LogP contribution in [0.3, 0.4) is 0 Å². The first-order valence-corrected chi connectivity index (χ1v) is 8.53. The monoisotopic (exact) mass is 434 g/mol. The van der Waals surface area contributed by atoms with Gasteiger partial charge in [0.05, 0.1) is 11.3 Å². The normalized spacial score (nSPS) is 11.1. The second-order valence-corrected chi connectivity index (χ2v) is 7.40. The maximum Gasteiger partial charge on any atom is 0.335 e. The van der Waals surface area contributed by atoms with Gasteiger partial charge in [0.25, 0.3) is 10.0 Å². The molecule has 0 aliphatic heterocycles. The summed E-state index contributed by atoms with van der Waals surface area (Å²) < 4.78 is 27.7. The second-order valence-electron chi connectivity index (χ2n) is 3.94. The van der Waals surface area contributed by atoms with Gasteiger partial charge in [-0.25, -0.2) is 13.2 Å². The van der Waals surface area contributed by atoms with Crippen molar-refractivity contribution in [1.29, 1.82) is 0 Å². The van der Waals surface area contributed by atoms with Crippen molar-refractivity contribution in [1.82, 2.24) is 4.98 Å². The minimum Gasteiger partial charge on any atom is -0.478 e. The van der Waals surface area contributed by atoms with Crippen LogP contribution in [0.5, 0.6) is 0 Å². The molecule has 1 aromatic carbocycles. The average Bonchev–Trinajstić information content (AvgIpc) is 2.40. The zero-order chi connectivity index (χ0) is 15.6. The first kappa shape index (κ1) is 15.9. The van der Waals surface area contributed by atoms with Gasteiger partial charge in [-0.2, -0.15) is 0 Å². The van der Waals surface area contributed by atoms with Crippen LogP contribution in [-0.4, -0.2) is 24.5 Å². The largest absolute Gasteiger partial charge is 0.478 e. The number of carbonyl (C=O) groups is 1. The number of hydrogen-bond acceptors (Lipinski definition) is 4. The van der Waals surface area contributed by atoms with E-state index in [-0.39, 0.29) is 16.1 Å². The van der Waals surface area contributed by atoms with Crippen molar-refractivity contribution in [2.75, 3.05) is 4.72 Å². The van der Waals surface area contributed by atoms with Gasteiger partial charge in [0, 0.05) is 21.3 Å². The lowest BCUT2D eigenvalue weighted by Crippen LogP contribution is -2.14. The molecule has 0 spiro atoms. The number of sulfonamides is 1. The number of rotatable bonds is 4. The Hall–Kier alpha value is -1.45. The Morgan fingerprint density at radius 1 is 1.19 bits per heavy atom. The number of pyridine rings is 1. The summed E-state index contributed by atoms with van der Waals surface area (Å²) in [6, 6.07) is 5.41. The Bertz CT molecular complexity index is 809. The van der Waals surface area contributed by atoms with Gasteiger partial charge in [-0.3, -0.25) is 9.71 Å². The van der Waals surface area contributed by atoms with Crippen LogP contribution in [0.1, 0.15) is 10.4 Å². The van der Waals surface area contributed by atoms with Crippen molar-refractivity contribution >= 4 is 53.5 Å². The molecule has 0 radical (unpaired) electrons. The van der Waals surface area contributed by atoms with Crippen molar-refractivity contribution in [2.24, 2.45) is 0 Å². The van der Waals surface area contributed by atoms with Gasteiger partial charge in [-0.05, 0) is 56.1 Å². The number of hydrogen-bond donors (Lipinski definition) is 2. The molecule has 1 heterocycles. The number of carboxylic acids is 1. The fraction of sp³-hybridized carbons (Fsp3) is 0. The van der Waals surface area contributed by atoms with E-state index in [9.17, 15) is 13.2 Å². The fourth-order valence-electron chi connectivity index (χ4n) is 1.47. The average molecular weight is 436 g/mol. The Kier molecular flexibility index (Phi) is 4.64. The molecular weight excluding hydrogens is 428 g/mol. The van der Waals surface area contributed by atoms with E-state index in [2.05, 4.69) is 41.6 Å². The van der Waals surface area contributed by atoms with Gasteiger partial charge >= 0.3 is 5.97 Å². The molecule has 1 aromatic heterocycles. The van der Waals surface area contributed by atoms with Crippen LogP contribution in [0.2, 0.25) is 0 Å². The summed E-state index contributed by atoms with van der Waals surface area (Å²) in [5.74, 6) is -1.10. The highest BCUT2D eigenvalue weighted by atomic mass is 79.9. The lowest BCUT2D eigenvalue weighted by molar-refractivity contribution is 0.0697. The lowest BCUT2D eigenvalue weighted by atomic mass is 10.2. The van der Waals surface area contributed by atoms with Crippen LogP contribution >= 0.6 is 31.9 Å². The van der Waals surface area contributed by atoms with Crippen LogP contribution in [0.25, 0.3) is 0 Å². The van der Waals surface area contributed by atoms with Crippen molar-refractivity contribution in [3.8, 4) is 0 Å². The van der Waals surface area contributed by atoms with Crippen molar-refractivity contribution in [3.63, 3.8) is 0 Å². The molecule has 0 atom stereocenters. The van der Waals surface area contributed by atoms with Gasteiger partial charge in [-0.1, -0.05) is 0 Å². The maximum absolute atomic E-state index is 12.2. The minimum atomic E-state index is -3.81. The quantitative estimate of drug-likeness (QED) is 0.768. The summed E-state index contributed by atoms with van der Waals surface area (Å²) in [6.07, 6.45) is 2.68. The van der Waals surface area contributed by atoms with Crippen LogP contribution in [0.4, 0.5) is 5.69 Å². The number of carboxylic acid groups (broad SMARTS) is 1. The van der Waals surface area contributed by atoms with Crippen LogP contribution < -0.4 is 4.72 Å². The number of benzene rings is 1. The van der Waals surface area contributed by atoms with Crippen molar-refractivity contribution in [2.45, 2.75) is 4.90 Å². The van der Waals surface area contributed by atoms with E-state index in [4.69, 9.17) is 5.11 Å².